The summed E-state index contributed by atoms with van der Waals surface area (Å²) in [6, 6.07) is 4.16. The van der Waals surface area contributed by atoms with Gasteiger partial charge in [-0.1, -0.05) is 19.3 Å². The average molecular weight is 338 g/mol. The molecule has 1 aliphatic carbocycles. The molecule has 1 atom stereocenters. The van der Waals surface area contributed by atoms with Crippen LogP contribution in [0.25, 0.3) is 0 Å². The molecule has 4 rings (SSSR count). The molecule has 0 radical (unpaired) electrons. The van der Waals surface area contributed by atoms with Gasteiger partial charge in [-0.2, -0.15) is 10.4 Å². The zero-order valence-electron chi connectivity index (χ0n) is 14.3. The maximum Gasteiger partial charge on any atom is 0.205 e. The molecular weight excluding hydrogens is 316 g/mol. The summed E-state index contributed by atoms with van der Waals surface area (Å²) in [6.45, 7) is 0.783. The summed E-state index contributed by atoms with van der Waals surface area (Å²) in [5.41, 5.74) is 0.518. The topological polar surface area (TPSA) is 89.4 Å². The number of hydrogen-bond acceptors (Lipinski definition) is 5. The first kappa shape index (κ1) is 16.0. The maximum atomic E-state index is 13.1. The van der Waals surface area contributed by atoms with Crippen molar-refractivity contribution >= 4 is 5.78 Å². The summed E-state index contributed by atoms with van der Waals surface area (Å²) < 4.78 is 3.80. The number of aryl methyl sites for hydroxylation is 1. The van der Waals surface area contributed by atoms with Crippen molar-refractivity contribution in [2.45, 2.75) is 69.9 Å². The van der Waals surface area contributed by atoms with E-state index in [0.717, 1.165) is 63.7 Å². The molecule has 0 spiro atoms. The summed E-state index contributed by atoms with van der Waals surface area (Å²) in [6.07, 6.45) is 10.2. The van der Waals surface area contributed by atoms with Gasteiger partial charge < -0.3 is 4.57 Å². The number of nitriles is 1. The molecule has 0 amide bonds. The molecule has 0 saturated heterocycles. The minimum absolute atomic E-state index is 0.216. The van der Waals surface area contributed by atoms with Crippen molar-refractivity contribution in [1.82, 2.24) is 24.5 Å². The smallest absolute Gasteiger partial charge is 0.205 e. The van der Waals surface area contributed by atoms with Gasteiger partial charge in [0.05, 0.1) is 12.1 Å². The molecule has 2 aromatic rings. The molecular formula is C18H22N6O. The van der Waals surface area contributed by atoms with Gasteiger partial charge in [0.2, 0.25) is 5.78 Å². The normalized spacial score (nSPS) is 19.2. The van der Waals surface area contributed by atoms with E-state index in [0.29, 0.717) is 11.5 Å². The Balaban J connectivity index is 1.66. The third-order valence-corrected chi connectivity index (χ3v) is 5.38. The van der Waals surface area contributed by atoms with Crippen LogP contribution in [-0.4, -0.2) is 30.3 Å². The highest BCUT2D eigenvalue weighted by Crippen LogP contribution is 2.31. The third kappa shape index (κ3) is 2.86. The lowest BCUT2D eigenvalue weighted by molar-refractivity contribution is 0.0961. The van der Waals surface area contributed by atoms with Crippen LogP contribution in [0.15, 0.2) is 12.3 Å². The van der Waals surface area contributed by atoms with Crippen molar-refractivity contribution < 1.29 is 4.79 Å². The molecule has 0 bridgehead atoms. The van der Waals surface area contributed by atoms with Gasteiger partial charge in [-0.3, -0.25) is 9.48 Å². The van der Waals surface area contributed by atoms with E-state index in [4.69, 9.17) is 0 Å². The number of aromatic nitrogens is 5. The van der Waals surface area contributed by atoms with Crippen LogP contribution in [0.2, 0.25) is 0 Å². The van der Waals surface area contributed by atoms with Crippen molar-refractivity contribution in [3.63, 3.8) is 0 Å². The number of carbonyl (C=O) groups is 1. The van der Waals surface area contributed by atoms with Crippen LogP contribution in [-0.2, 0) is 13.0 Å². The monoisotopic (exact) mass is 338 g/mol. The summed E-state index contributed by atoms with van der Waals surface area (Å²) in [4.78, 5) is 13.1. The Morgan fingerprint density at radius 3 is 2.84 bits per heavy atom. The van der Waals surface area contributed by atoms with Crippen LogP contribution < -0.4 is 0 Å². The largest absolute Gasteiger partial charge is 0.313 e. The third-order valence-electron chi connectivity index (χ3n) is 5.38. The van der Waals surface area contributed by atoms with E-state index >= 15 is 0 Å². The van der Waals surface area contributed by atoms with Crippen LogP contribution in [0, 0.1) is 11.3 Å². The molecule has 1 aliphatic heterocycles. The summed E-state index contributed by atoms with van der Waals surface area (Å²) in [7, 11) is 0. The predicted molar refractivity (Wildman–Crippen MR) is 90.0 cm³/mol. The Hall–Kier alpha value is -2.49. The van der Waals surface area contributed by atoms with Crippen LogP contribution >= 0.6 is 0 Å². The Morgan fingerprint density at radius 2 is 2.04 bits per heavy atom. The number of Topliss-reactive ketones (excluding diaryl/α,β-unsaturated/α-hetero) is 1. The molecule has 1 saturated carbocycles. The van der Waals surface area contributed by atoms with E-state index in [-0.39, 0.29) is 11.8 Å². The Kier molecular flexibility index (Phi) is 4.35. The second-order valence-electron chi connectivity index (χ2n) is 6.96. The average Bonchev–Trinajstić information content (AvgIpc) is 3.34. The van der Waals surface area contributed by atoms with Gasteiger partial charge in [-0.15, -0.1) is 10.2 Å². The fourth-order valence-corrected chi connectivity index (χ4v) is 4.05. The van der Waals surface area contributed by atoms with Crippen molar-refractivity contribution in [3.8, 4) is 6.07 Å². The second kappa shape index (κ2) is 6.79. The van der Waals surface area contributed by atoms with Gasteiger partial charge in [-0.25, -0.2) is 0 Å². The molecule has 2 aromatic heterocycles. The minimum Gasteiger partial charge on any atom is -0.313 e. The SMILES string of the molecule is N#C[C@@H](C(=O)c1ccnn1C1CCCC1)c1nnc2n1CCCCC2. The van der Waals surface area contributed by atoms with E-state index in [1.807, 2.05) is 9.25 Å². The first-order chi connectivity index (χ1) is 12.3. The molecule has 3 heterocycles. The fourth-order valence-electron chi connectivity index (χ4n) is 4.05. The number of rotatable bonds is 4. The van der Waals surface area contributed by atoms with Gasteiger partial charge in [-0.05, 0) is 31.7 Å². The lowest BCUT2D eigenvalue weighted by Gasteiger charge is -2.15. The van der Waals surface area contributed by atoms with Gasteiger partial charge in [0.25, 0.3) is 0 Å². The lowest BCUT2D eigenvalue weighted by atomic mass is 10.0. The van der Waals surface area contributed by atoms with E-state index in [2.05, 4.69) is 21.4 Å². The molecule has 0 aromatic carbocycles. The van der Waals surface area contributed by atoms with Crippen molar-refractivity contribution in [3.05, 3.63) is 29.6 Å². The number of nitrogens with zero attached hydrogens (tertiary/aromatic N) is 6. The zero-order valence-corrected chi connectivity index (χ0v) is 14.3. The summed E-state index contributed by atoms with van der Waals surface area (Å²) >= 11 is 0. The minimum atomic E-state index is -0.920. The highest BCUT2D eigenvalue weighted by atomic mass is 16.1. The molecule has 0 unspecified atom stereocenters. The van der Waals surface area contributed by atoms with Crippen LogP contribution in [0.1, 0.15) is 79.0 Å². The second-order valence-corrected chi connectivity index (χ2v) is 6.96. The Morgan fingerprint density at radius 1 is 1.20 bits per heavy atom. The number of hydrogen-bond donors (Lipinski definition) is 0. The van der Waals surface area contributed by atoms with Crippen molar-refractivity contribution in [1.29, 1.82) is 5.26 Å². The van der Waals surface area contributed by atoms with E-state index in [1.54, 1.807) is 12.3 Å². The summed E-state index contributed by atoms with van der Waals surface area (Å²) in [5, 5.41) is 22.5. The number of carbonyl (C=O) groups excluding carboxylic acids is 1. The number of ketones is 1. The van der Waals surface area contributed by atoms with Crippen LogP contribution in [0.5, 0.6) is 0 Å². The molecule has 1 fully saturated rings. The standard InChI is InChI=1S/C18H22N6O/c19-12-14(18-22-21-16-8-2-1-5-11-23(16)18)17(25)15-9-10-20-24(15)13-6-3-4-7-13/h9-10,13-14H,1-8,11H2/t14-/m0/s1. The zero-order chi connectivity index (χ0) is 17.2. The first-order valence-electron chi connectivity index (χ1n) is 9.19. The van der Waals surface area contributed by atoms with E-state index in [1.165, 1.54) is 0 Å². The van der Waals surface area contributed by atoms with E-state index < -0.39 is 5.92 Å². The Labute approximate surface area is 146 Å². The van der Waals surface area contributed by atoms with Crippen LogP contribution in [0.3, 0.4) is 0 Å². The Bertz CT molecular complexity index is 808. The van der Waals surface area contributed by atoms with E-state index in [9.17, 15) is 10.1 Å². The molecule has 7 nitrogen and oxygen atoms in total. The predicted octanol–water partition coefficient (Wildman–Crippen LogP) is 2.81. The highest BCUT2D eigenvalue weighted by Gasteiger charge is 2.32. The molecule has 2 aliphatic rings. The van der Waals surface area contributed by atoms with Gasteiger partial charge in [0.15, 0.2) is 11.7 Å². The fraction of sp³-hybridized carbons (Fsp3) is 0.611. The summed E-state index contributed by atoms with van der Waals surface area (Å²) in [5.74, 6) is 0.246. The lowest BCUT2D eigenvalue weighted by Crippen LogP contribution is -2.22. The quantitative estimate of drug-likeness (QED) is 0.800. The molecule has 7 heteroatoms. The molecule has 25 heavy (non-hydrogen) atoms. The molecule has 0 N–H and O–H groups in total. The first-order valence-corrected chi connectivity index (χ1v) is 9.19. The molecule has 130 valence electrons. The highest BCUT2D eigenvalue weighted by molar-refractivity contribution is 6.01. The van der Waals surface area contributed by atoms with Gasteiger partial charge >= 0.3 is 0 Å². The van der Waals surface area contributed by atoms with Crippen molar-refractivity contribution in [2.75, 3.05) is 0 Å². The van der Waals surface area contributed by atoms with Gasteiger partial charge in [0, 0.05) is 19.2 Å². The maximum absolute atomic E-state index is 13.1. The van der Waals surface area contributed by atoms with Crippen molar-refractivity contribution in [2.24, 2.45) is 0 Å². The number of fused-ring (bicyclic) bond motifs is 1. The van der Waals surface area contributed by atoms with Crippen LogP contribution in [0.4, 0.5) is 0 Å². The van der Waals surface area contributed by atoms with Gasteiger partial charge in [0.1, 0.15) is 11.5 Å².